The van der Waals surface area contributed by atoms with Crippen LogP contribution in [0.25, 0.3) is 0 Å². The molecule has 1 atom stereocenters. The first-order chi connectivity index (χ1) is 8.19. The van der Waals surface area contributed by atoms with Gasteiger partial charge in [-0.05, 0) is 18.9 Å². The molecule has 1 unspecified atom stereocenters. The highest BCUT2D eigenvalue weighted by Gasteiger charge is 2.10. The average Bonchev–Trinajstić information content (AvgIpc) is 2.80. The van der Waals surface area contributed by atoms with Gasteiger partial charge in [0, 0.05) is 6.42 Å². The zero-order valence-corrected chi connectivity index (χ0v) is 11.0. The number of benzene rings is 1. The smallest absolute Gasteiger partial charge is 0.134 e. The van der Waals surface area contributed by atoms with Crippen LogP contribution in [0.5, 0.6) is 0 Å². The highest BCUT2D eigenvalue weighted by atomic mass is 32.1. The summed E-state index contributed by atoms with van der Waals surface area (Å²) in [5, 5.41) is 10.3. The lowest BCUT2D eigenvalue weighted by Crippen LogP contribution is -2.07. The number of hydrogen-bond donors (Lipinski definition) is 1. The second kappa shape index (κ2) is 5.38. The van der Waals surface area contributed by atoms with Crippen LogP contribution in [-0.4, -0.2) is 10.2 Å². The first-order valence-corrected chi connectivity index (χ1v) is 6.64. The second-order valence-corrected chi connectivity index (χ2v) is 5.30. The van der Waals surface area contributed by atoms with Gasteiger partial charge in [-0.25, -0.2) is 0 Å². The van der Waals surface area contributed by atoms with E-state index in [2.05, 4.69) is 48.3 Å². The van der Waals surface area contributed by atoms with E-state index in [9.17, 15) is 0 Å². The van der Waals surface area contributed by atoms with Crippen molar-refractivity contribution < 1.29 is 0 Å². The fourth-order valence-corrected chi connectivity index (χ4v) is 2.50. The number of aromatic nitrogens is 2. The molecule has 2 rings (SSSR count). The summed E-state index contributed by atoms with van der Waals surface area (Å²) < 4.78 is 0. The zero-order chi connectivity index (χ0) is 12.3. The molecule has 0 fully saturated rings. The van der Waals surface area contributed by atoms with E-state index in [0.29, 0.717) is 0 Å². The third-order valence-electron chi connectivity index (χ3n) is 2.72. The van der Waals surface area contributed by atoms with Gasteiger partial charge in [-0.3, -0.25) is 0 Å². The van der Waals surface area contributed by atoms with Crippen molar-refractivity contribution in [3.05, 3.63) is 45.4 Å². The molecule has 1 aromatic heterocycles. The largest absolute Gasteiger partial charge is 0.322 e. The second-order valence-electron chi connectivity index (χ2n) is 4.21. The molecule has 1 heterocycles. The molecule has 2 N–H and O–H groups in total. The van der Waals surface area contributed by atoms with Gasteiger partial charge in [0.25, 0.3) is 0 Å². The SMILES string of the molecule is CCC(N)c1nnc(Cc2ccc(C)cc2)s1. The first kappa shape index (κ1) is 12.2. The van der Waals surface area contributed by atoms with Crippen molar-refractivity contribution in [2.75, 3.05) is 0 Å². The van der Waals surface area contributed by atoms with Gasteiger partial charge in [0.15, 0.2) is 0 Å². The van der Waals surface area contributed by atoms with Gasteiger partial charge in [0.05, 0.1) is 6.04 Å². The lowest BCUT2D eigenvalue weighted by atomic mass is 10.1. The van der Waals surface area contributed by atoms with Gasteiger partial charge in [-0.15, -0.1) is 10.2 Å². The van der Waals surface area contributed by atoms with E-state index >= 15 is 0 Å². The van der Waals surface area contributed by atoms with E-state index in [1.807, 2.05) is 0 Å². The van der Waals surface area contributed by atoms with E-state index in [1.54, 1.807) is 11.3 Å². The van der Waals surface area contributed by atoms with Gasteiger partial charge >= 0.3 is 0 Å². The van der Waals surface area contributed by atoms with Gasteiger partial charge < -0.3 is 5.73 Å². The molecule has 0 amide bonds. The Morgan fingerprint density at radius 1 is 1.24 bits per heavy atom. The number of rotatable bonds is 4. The average molecular weight is 247 g/mol. The van der Waals surface area contributed by atoms with Crippen molar-refractivity contribution in [3.8, 4) is 0 Å². The first-order valence-electron chi connectivity index (χ1n) is 5.82. The predicted molar refractivity (Wildman–Crippen MR) is 71.1 cm³/mol. The normalized spacial score (nSPS) is 12.6. The highest BCUT2D eigenvalue weighted by molar-refractivity contribution is 7.11. The Morgan fingerprint density at radius 2 is 1.94 bits per heavy atom. The van der Waals surface area contributed by atoms with Crippen molar-refractivity contribution in [3.63, 3.8) is 0 Å². The van der Waals surface area contributed by atoms with Crippen molar-refractivity contribution >= 4 is 11.3 Å². The van der Waals surface area contributed by atoms with E-state index in [0.717, 1.165) is 22.9 Å². The van der Waals surface area contributed by atoms with E-state index in [-0.39, 0.29) is 6.04 Å². The van der Waals surface area contributed by atoms with Crippen molar-refractivity contribution in [1.29, 1.82) is 0 Å². The molecular weight excluding hydrogens is 230 g/mol. The molecule has 0 saturated heterocycles. The van der Waals surface area contributed by atoms with Gasteiger partial charge in [-0.2, -0.15) is 0 Å². The molecular formula is C13H17N3S. The number of nitrogens with two attached hydrogens (primary N) is 1. The van der Waals surface area contributed by atoms with E-state index in [4.69, 9.17) is 5.73 Å². The Bertz CT molecular complexity index is 476. The third-order valence-corrected chi connectivity index (χ3v) is 3.77. The van der Waals surface area contributed by atoms with Crippen LogP contribution in [0.1, 0.15) is 40.5 Å². The lowest BCUT2D eigenvalue weighted by Gasteiger charge is -2.01. The summed E-state index contributed by atoms with van der Waals surface area (Å²) >= 11 is 1.62. The summed E-state index contributed by atoms with van der Waals surface area (Å²) in [6.07, 6.45) is 1.74. The molecule has 0 spiro atoms. The minimum Gasteiger partial charge on any atom is -0.322 e. The molecule has 0 radical (unpaired) electrons. The summed E-state index contributed by atoms with van der Waals surface area (Å²) in [7, 11) is 0. The molecule has 3 nitrogen and oxygen atoms in total. The van der Waals surface area contributed by atoms with Crippen LogP contribution in [0.15, 0.2) is 24.3 Å². The summed E-state index contributed by atoms with van der Waals surface area (Å²) in [4.78, 5) is 0. The maximum atomic E-state index is 5.93. The van der Waals surface area contributed by atoms with Crippen LogP contribution in [0.3, 0.4) is 0 Å². The monoisotopic (exact) mass is 247 g/mol. The van der Waals surface area contributed by atoms with Crippen molar-refractivity contribution in [1.82, 2.24) is 10.2 Å². The zero-order valence-electron chi connectivity index (χ0n) is 10.2. The molecule has 0 aliphatic heterocycles. The predicted octanol–water partition coefficient (Wildman–Crippen LogP) is 2.85. The lowest BCUT2D eigenvalue weighted by molar-refractivity contribution is 0.682. The quantitative estimate of drug-likeness (QED) is 0.904. The summed E-state index contributed by atoms with van der Waals surface area (Å²) in [5.74, 6) is 0. The Hall–Kier alpha value is -1.26. The van der Waals surface area contributed by atoms with Crippen molar-refractivity contribution in [2.45, 2.75) is 32.7 Å². The van der Waals surface area contributed by atoms with E-state index < -0.39 is 0 Å². The molecule has 4 heteroatoms. The fourth-order valence-electron chi connectivity index (χ4n) is 1.54. The topological polar surface area (TPSA) is 51.8 Å². The third kappa shape index (κ3) is 3.11. The van der Waals surface area contributed by atoms with Crippen LogP contribution >= 0.6 is 11.3 Å². The number of nitrogens with zero attached hydrogens (tertiary/aromatic N) is 2. The fraction of sp³-hybridized carbons (Fsp3) is 0.385. The minimum atomic E-state index is 0.0271. The summed E-state index contributed by atoms with van der Waals surface area (Å²) in [6, 6.07) is 8.54. The number of aryl methyl sites for hydroxylation is 1. The molecule has 0 aliphatic carbocycles. The van der Waals surface area contributed by atoms with Crippen LogP contribution in [0.4, 0.5) is 0 Å². The minimum absolute atomic E-state index is 0.0271. The molecule has 0 saturated carbocycles. The standard InChI is InChI=1S/C13H17N3S/c1-3-11(14)13-16-15-12(17-13)8-10-6-4-9(2)5-7-10/h4-7,11H,3,8,14H2,1-2H3. The Kier molecular flexibility index (Phi) is 3.86. The molecule has 17 heavy (non-hydrogen) atoms. The molecule has 0 bridgehead atoms. The van der Waals surface area contributed by atoms with Crippen LogP contribution in [0, 0.1) is 6.92 Å². The Morgan fingerprint density at radius 3 is 2.59 bits per heavy atom. The molecule has 1 aromatic carbocycles. The maximum absolute atomic E-state index is 5.93. The van der Waals surface area contributed by atoms with Crippen LogP contribution < -0.4 is 5.73 Å². The Balaban J connectivity index is 2.08. The van der Waals surface area contributed by atoms with E-state index in [1.165, 1.54) is 11.1 Å². The molecule has 90 valence electrons. The van der Waals surface area contributed by atoms with Gasteiger partial charge in [-0.1, -0.05) is 48.1 Å². The summed E-state index contributed by atoms with van der Waals surface area (Å²) in [5.41, 5.74) is 8.47. The maximum Gasteiger partial charge on any atom is 0.134 e. The number of hydrogen-bond acceptors (Lipinski definition) is 4. The van der Waals surface area contributed by atoms with Crippen LogP contribution in [-0.2, 0) is 6.42 Å². The summed E-state index contributed by atoms with van der Waals surface area (Å²) in [6.45, 7) is 4.15. The van der Waals surface area contributed by atoms with Gasteiger partial charge in [0.2, 0.25) is 0 Å². The molecule has 2 aromatic rings. The van der Waals surface area contributed by atoms with Crippen molar-refractivity contribution in [2.24, 2.45) is 5.73 Å². The van der Waals surface area contributed by atoms with Gasteiger partial charge in [0.1, 0.15) is 10.0 Å². The highest BCUT2D eigenvalue weighted by Crippen LogP contribution is 2.20. The van der Waals surface area contributed by atoms with Crippen LogP contribution in [0.2, 0.25) is 0 Å². The molecule has 0 aliphatic rings. The Labute approximate surface area is 106 Å².